The molecule has 0 amide bonds. The van der Waals surface area contributed by atoms with Crippen LogP contribution in [0.1, 0.15) is 0 Å². The number of rotatable bonds is 2. The van der Waals surface area contributed by atoms with Crippen LogP contribution < -0.4 is 0 Å². The lowest BCUT2D eigenvalue weighted by Crippen LogP contribution is -1.95. The lowest BCUT2D eigenvalue weighted by Gasteiger charge is -1.86. The van der Waals surface area contributed by atoms with Crippen LogP contribution in [0.2, 0.25) is 0 Å². The summed E-state index contributed by atoms with van der Waals surface area (Å²) >= 11 is 1.92. The van der Waals surface area contributed by atoms with E-state index in [0.29, 0.717) is 10.9 Å². The topological polar surface area (TPSA) is 0 Å². The number of thioether (sulfide) groups is 1. The fourth-order valence-electron chi connectivity index (χ4n) is 0.236. The van der Waals surface area contributed by atoms with Crippen LogP contribution in [-0.4, -0.2) is 23.9 Å². The van der Waals surface area contributed by atoms with E-state index in [4.69, 9.17) is 0 Å². The van der Waals surface area contributed by atoms with E-state index in [2.05, 4.69) is 18.8 Å². The highest BCUT2D eigenvalue weighted by Gasteiger charge is 1.95. The molecule has 0 aromatic rings. The highest BCUT2D eigenvalue weighted by atomic mass is 32.2. The van der Waals surface area contributed by atoms with Gasteiger partial charge in [0.15, 0.2) is 5.08 Å². The van der Waals surface area contributed by atoms with Gasteiger partial charge < -0.3 is 0 Å². The summed E-state index contributed by atoms with van der Waals surface area (Å²) < 4.78 is 0. The van der Waals surface area contributed by atoms with Gasteiger partial charge in [-0.15, -0.1) is 11.8 Å². The molecule has 0 aromatic carbocycles. The molecule has 0 atom stereocenters. The Bertz CT molecular complexity index is 26.7. The van der Waals surface area contributed by atoms with Crippen LogP contribution in [0.25, 0.3) is 0 Å². The van der Waals surface area contributed by atoms with Gasteiger partial charge in [-0.1, -0.05) is 0 Å². The summed E-state index contributed by atoms with van der Waals surface area (Å²) in [5, 5.41) is 1.32. The Balaban J connectivity index is 2.63. The van der Waals surface area contributed by atoms with E-state index in [1.54, 1.807) is 0 Å². The fraction of sp³-hybridized carbons (Fsp3) is 1.00. The van der Waals surface area contributed by atoms with Gasteiger partial charge in [-0.2, -0.15) is 0 Å². The van der Waals surface area contributed by atoms with Crippen molar-refractivity contribution < 1.29 is 0 Å². The van der Waals surface area contributed by atoms with Crippen LogP contribution in [0, 0.1) is 0 Å². The second kappa shape index (κ2) is 3.88. The smallest absolute Gasteiger partial charge is 0.112 e. The van der Waals surface area contributed by atoms with Crippen LogP contribution in [0.4, 0.5) is 0 Å². The maximum Gasteiger partial charge on any atom is 0.152 e. The van der Waals surface area contributed by atoms with Crippen molar-refractivity contribution >= 4 is 22.7 Å². The Morgan fingerprint density at radius 1 is 1.50 bits per heavy atom. The lowest BCUT2D eigenvalue weighted by atomic mass is 11.8. The second-order valence-corrected chi connectivity index (χ2v) is 4.88. The van der Waals surface area contributed by atoms with Crippen molar-refractivity contribution in [1.29, 1.82) is 0 Å². The molecule has 0 radical (unpaired) electrons. The van der Waals surface area contributed by atoms with Gasteiger partial charge in [-0.25, -0.2) is 0 Å². The number of hydrogen-bond donors (Lipinski definition) is 0. The van der Waals surface area contributed by atoms with E-state index in [9.17, 15) is 0 Å². The molecule has 0 rings (SSSR count). The summed E-state index contributed by atoms with van der Waals surface area (Å²) in [6.45, 7) is 0. The van der Waals surface area contributed by atoms with Gasteiger partial charge in [0.1, 0.15) is 0 Å². The molecule has 0 aliphatic heterocycles. The standard InChI is InChI=1S/C4H11S2/c1-5-4-6(2)3/h4H2,1-3H3/q+1. The monoisotopic (exact) mass is 123 g/mol. The molecule has 0 bridgehead atoms. The second-order valence-electron chi connectivity index (χ2n) is 1.39. The first-order valence-electron chi connectivity index (χ1n) is 1.80. The third-order valence-corrected chi connectivity index (χ3v) is 3.18. The summed E-state index contributed by atoms with van der Waals surface area (Å²) in [6.07, 6.45) is 6.67. The molecule has 38 valence electrons. The van der Waals surface area contributed by atoms with Crippen molar-refractivity contribution in [3.05, 3.63) is 0 Å². The molecule has 0 aliphatic carbocycles. The first-order valence-corrected chi connectivity index (χ1v) is 5.41. The highest BCUT2D eigenvalue weighted by Crippen LogP contribution is 1.96. The van der Waals surface area contributed by atoms with E-state index in [0.717, 1.165) is 0 Å². The maximum atomic E-state index is 2.26. The van der Waals surface area contributed by atoms with E-state index in [-0.39, 0.29) is 0 Å². The van der Waals surface area contributed by atoms with E-state index in [1.165, 1.54) is 5.08 Å². The first kappa shape index (κ1) is 6.70. The van der Waals surface area contributed by atoms with Crippen LogP contribution in [0.15, 0.2) is 0 Å². The molecule has 0 saturated carbocycles. The normalized spacial score (nSPS) is 10.0. The van der Waals surface area contributed by atoms with Crippen LogP contribution in [0.3, 0.4) is 0 Å². The van der Waals surface area contributed by atoms with Crippen molar-refractivity contribution in [3.63, 3.8) is 0 Å². The minimum absolute atomic E-state index is 0.647. The molecule has 0 nitrogen and oxygen atoms in total. The van der Waals surface area contributed by atoms with Gasteiger partial charge in [0.2, 0.25) is 0 Å². The van der Waals surface area contributed by atoms with Crippen LogP contribution in [0.5, 0.6) is 0 Å². The quantitative estimate of drug-likeness (QED) is 0.497. The van der Waals surface area contributed by atoms with Crippen molar-refractivity contribution in [2.75, 3.05) is 23.9 Å². The van der Waals surface area contributed by atoms with E-state index in [1.807, 2.05) is 11.8 Å². The zero-order valence-electron chi connectivity index (χ0n) is 4.52. The largest absolute Gasteiger partial charge is 0.152 e. The van der Waals surface area contributed by atoms with Gasteiger partial charge in [0.25, 0.3) is 0 Å². The molecule has 0 heterocycles. The van der Waals surface area contributed by atoms with E-state index < -0.39 is 0 Å². The third-order valence-electron chi connectivity index (χ3n) is 0.354. The Labute approximate surface area is 47.0 Å². The summed E-state index contributed by atoms with van der Waals surface area (Å²) in [6, 6.07) is 0. The van der Waals surface area contributed by atoms with Crippen molar-refractivity contribution in [1.82, 2.24) is 0 Å². The van der Waals surface area contributed by atoms with Crippen LogP contribution in [-0.2, 0) is 10.9 Å². The van der Waals surface area contributed by atoms with Crippen molar-refractivity contribution in [2.45, 2.75) is 0 Å². The minimum atomic E-state index is 0.647. The molecule has 2 heteroatoms. The average molecular weight is 123 g/mol. The first-order chi connectivity index (χ1) is 2.77. The molecule has 0 fully saturated rings. The summed E-state index contributed by atoms with van der Waals surface area (Å²) in [5.41, 5.74) is 0. The van der Waals surface area contributed by atoms with Crippen molar-refractivity contribution in [3.8, 4) is 0 Å². The predicted molar refractivity (Wildman–Crippen MR) is 37.6 cm³/mol. The summed E-state index contributed by atoms with van der Waals surface area (Å²) in [5.74, 6) is 0. The molecule has 0 N–H and O–H groups in total. The molecule has 6 heavy (non-hydrogen) atoms. The summed E-state index contributed by atoms with van der Waals surface area (Å²) in [4.78, 5) is 0. The molecular weight excluding hydrogens is 112 g/mol. The van der Waals surface area contributed by atoms with Gasteiger partial charge in [0, 0.05) is 0 Å². The Kier molecular flexibility index (Phi) is 4.33. The Morgan fingerprint density at radius 2 is 2.00 bits per heavy atom. The SMILES string of the molecule is CSC[S+](C)C. The third kappa shape index (κ3) is 4.70. The minimum Gasteiger partial charge on any atom is -0.112 e. The Morgan fingerprint density at radius 3 is 2.00 bits per heavy atom. The molecule has 0 spiro atoms. The number of hydrogen-bond acceptors (Lipinski definition) is 1. The van der Waals surface area contributed by atoms with Crippen LogP contribution >= 0.6 is 11.8 Å². The zero-order valence-corrected chi connectivity index (χ0v) is 6.16. The molecule has 0 aromatic heterocycles. The molecule has 0 aliphatic rings. The van der Waals surface area contributed by atoms with E-state index >= 15 is 0 Å². The summed E-state index contributed by atoms with van der Waals surface area (Å²) in [7, 11) is 0.647. The van der Waals surface area contributed by atoms with Gasteiger partial charge in [0.05, 0.1) is 12.5 Å². The maximum absolute atomic E-state index is 2.26. The highest BCUT2D eigenvalue weighted by molar-refractivity contribution is 8.13. The van der Waals surface area contributed by atoms with Gasteiger partial charge in [-0.05, 0) is 17.2 Å². The Hall–Kier alpha value is 0.700. The predicted octanol–water partition coefficient (Wildman–Crippen LogP) is 1.18. The lowest BCUT2D eigenvalue weighted by molar-refractivity contribution is 2.08. The van der Waals surface area contributed by atoms with Gasteiger partial charge >= 0.3 is 0 Å². The molecular formula is C4H11S2+. The average Bonchev–Trinajstić information content (AvgIpc) is 1.35. The molecule has 0 saturated heterocycles. The van der Waals surface area contributed by atoms with Gasteiger partial charge in [-0.3, -0.25) is 0 Å². The molecule has 0 unspecified atom stereocenters. The fourth-order valence-corrected chi connectivity index (χ4v) is 2.12. The van der Waals surface area contributed by atoms with Crippen molar-refractivity contribution in [2.24, 2.45) is 0 Å². The zero-order chi connectivity index (χ0) is 4.99.